The monoisotopic (exact) mass is 394 g/mol. The van der Waals surface area contributed by atoms with E-state index in [1.54, 1.807) is 6.92 Å². The van der Waals surface area contributed by atoms with Gasteiger partial charge in [0.05, 0.1) is 22.8 Å². The van der Waals surface area contributed by atoms with Crippen molar-refractivity contribution in [1.29, 1.82) is 0 Å². The van der Waals surface area contributed by atoms with Crippen LogP contribution in [0.15, 0.2) is 36.4 Å². The van der Waals surface area contributed by atoms with Gasteiger partial charge in [-0.15, -0.1) is 0 Å². The number of nitrogens with zero attached hydrogens (tertiary/aromatic N) is 1. The molecule has 0 spiro atoms. The van der Waals surface area contributed by atoms with Gasteiger partial charge in [-0.1, -0.05) is 0 Å². The summed E-state index contributed by atoms with van der Waals surface area (Å²) < 4.78 is 36.6. The van der Waals surface area contributed by atoms with Gasteiger partial charge in [-0.3, -0.25) is 14.9 Å². The number of amides is 1. The Kier molecular flexibility index (Phi) is 6.59. The number of ether oxygens (including phenoxy) is 2. The molecule has 0 aliphatic rings. The first-order valence-electron chi connectivity index (χ1n) is 8.11. The molecule has 0 aliphatic carbocycles. The number of hydrogen-bond donors (Lipinski definition) is 1. The van der Waals surface area contributed by atoms with E-state index < -0.39 is 40.2 Å². The van der Waals surface area contributed by atoms with Crippen LogP contribution in [0.25, 0.3) is 0 Å². The third-order valence-corrected chi connectivity index (χ3v) is 3.53. The van der Waals surface area contributed by atoms with E-state index >= 15 is 0 Å². The minimum absolute atomic E-state index is 0.0124. The van der Waals surface area contributed by atoms with Gasteiger partial charge in [-0.25, -0.2) is 13.6 Å². The Labute approximate surface area is 158 Å². The zero-order valence-corrected chi connectivity index (χ0v) is 14.9. The van der Waals surface area contributed by atoms with Crippen molar-refractivity contribution in [2.24, 2.45) is 0 Å². The summed E-state index contributed by atoms with van der Waals surface area (Å²) in [4.78, 5) is 34.6. The van der Waals surface area contributed by atoms with Crippen LogP contribution in [0.5, 0.6) is 5.75 Å². The summed E-state index contributed by atoms with van der Waals surface area (Å²) in [7, 11) is 0. The second kappa shape index (κ2) is 8.89. The smallest absolute Gasteiger partial charge is 0.339 e. The summed E-state index contributed by atoms with van der Waals surface area (Å²) in [6.07, 6.45) is -1.34. The summed E-state index contributed by atoms with van der Waals surface area (Å²) in [5, 5.41) is 13.3. The van der Waals surface area contributed by atoms with Gasteiger partial charge in [0.2, 0.25) is 0 Å². The quantitative estimate of drug-likeness (QED) is 0.438. The van der Waals surface area contributed by atoms with Crippen LogP contribution in [-0.2, 0) is 9.53 Å². The van der Waals surface area contributed by atoms with E-state index in [1.807, 2.05) is 0 Å². The van der Waals surface area contributed by atoms with Gasteiger partial charge in [-0.2, -0.15) is 0 Å². The Bertz CT molecular complexity index is 919. The van der Waals surface area contributed by atoms with Crippen LogP contribution < -0.4 is 10.1 Å². The SMILES string of the molecule is CCOc1ccc(C(=O)O[C@@H](C)C(=O)Nc2ccc(F)cc2F)cc1[N+](=O)[O-]. The topological polar surface area (TPSA) is 108 Å². The van der Waals surface area contributed by atoms with Crippen molar-refractivity contribution in [3.63, 3.8) is 0 Å². The number of esters is 1. The lowest BCUT2D eigenvalue weighted by Gasteiger charge is -2.14. The molecule has 0 heterocycles. The number of halogens is 2. The summed E-state index contributed by atoms with van der Waals surface area (Å²) in [6.45, 7) is 3.08. The molecule has 10 heteroatoms. The molecule has 0 bridgehead atoms. The molecule has 1 atom stereocenters. The summed E-state index contributed by atoms with van der Waals surface area (Å²) in [6, 6.07) is 6.03. The zero-order chi connectivity index (χ0) is 20.8. The predicted octanol–water partition coefficient (Wildman–Crippen LogP) is 3.46. The van der Waals surface area contributed by atoms with Crippen LogP contribution in [-0.4, -0.2) is 29.5 Å². The molecule has 0 aliphatic heterocycles. The van der Waals surface area contributed by atoms with Crippen molar-refractivity contribution in [2.75, 3.05) is 11.9 Å². The van der Waals surface area contributed by atoms with Gasteiger partial charge in [0.15, 0.2) is 11.9 Å². The second-order valence-electron chi connectivity index (χ2n) is 5.53. The third-order valence-electron chi connectivity index (χ3n) is 3.53. The Morgan fingerprint density at radius 3 is 2.54 bits per heavy atom. The van der Waals surface area contributed by atoms with E-state index in [0.29, 0.717) is 6.07 Å². The average molecular weight is 394 g/mol. The molecular weight excluding hydrogens is 378 g/mol. The van der Waals surface area contributed by atoms with E-state index in [-0.39, 0.29) is 23.6 Å². The van der Waals surface area contributed by atoms with Crippen molar-refractivity contribution in [2.45, 2.75) is 20.0 Å². The number of anilines is 1. The van der Waals surface area contributed by atoms with Crippen molar-refractivity contribution < 1.29 is 32.8 Å². The molecule has 28 heavy (non-hydrogen) atoms. The van der Waals surface area contributed by atoms with Gasteiger partial charge >= 0.3 is 11.7 Å². The maximum absolute atomic E-state index is 13.6. The minimum Gasteiger partial charge on any atom is -0.487 e. The largest absolute Gasteiger partial charge is 0.487 e. The predicted molar refractivity (Wildman–Crippen MR) is 94.1 cm³/mol. The minimum atomic E-state index is -1.34. The number of carbonyl (C=O) groups is 2. The summed E-state index contributed by atoms with van der Waals surface area (Å²) in [5.74, 6) is -3.67. The fraction of sp³-hybridized carbons (Fsp3) is 0.222. The number of nitro benzene ring substituents is 1. The van der Waals surface area contributed by atoms with Crippen molar-refractivity contribution >= 4 is 23.3 Å². The lowest BCUT2D eigenvalue weighted by molar-refractivity contribution is -0.385. The second-order valence-corrected chi connectivity index (χ2v) is 5.53. The normalized spacial score (nSPS) is 11.4. The maximum Gasteiger partial charge on any atom is 0.339 e. The van der Waals surface area contributed by atoms with E-state index in [0.717, 1.165) is 18.2 Å². The molecule has 2 aromatic rings. The number of hydrogen-bond acceptors (Lipinski definition) is 6. The van der Waals surface area contributed by atoms with Crippen LogP contribution in [0.2, 0.25) is 0 Å². The molecule has 2 aromatic carbocycles. The first-order chi connectivity index (χ1) is 13.2. The Morgan fingerprint density at radius 2 is 1.93 bits per heavy atom. The van der Waals surface area contributed by atoms with Crippen LogP contribution in [0.3, 0.4) is 0 Å². The highest BCUT2D eigenvalue weighted by molar-refractivity contribution is 5.97. The van der Waals surface area contributed by atoms with E-state index in [1.165, 1.54) is 19.1 Å². The van der Waals surface area contributed by atoms with E-state index in [4.69, 9.17) is 9.47 Å². The number of rotatable bonds is 7. The van der Waals surface area contributed by atoms with Crippen LogP contribution in [0, 0.1) is 21.7 Å². The molecule has 8 nitrogen and oxygen atoms in total. The highest BCUT2D eigenvalue weighted by Crippen LogP contribution is 2.28. The molecule has 0 saturated heterocycles. The van der Waals surface area contributed by atoms with Crippen molar-refractivity contribution in [3.05, 3.63) is 63.7 Å². The van der Waals surface area contributed by atoms with E-state index in [2.05, 4.69) is 5.32 Å². The van der Waals surface area contributed by atoms with Gasteiger partial charge in [-0.05, 0) is 38.1 Å². The highest BCUT2D eigenvalue weighted by atomic mass is 19.1. The Hall–Kier alpha value is -3.56. The lowest BCUT2D eigenvalue weighted by Crippen LogP contribution is -2.30. The van der Waals surface area contributed by atoms with Gasteiger partial charge in [0, 0.05) is 12.1 Å². The summed E-state index contributed by atoms with van der Waals surface area (Å²) >= 11 is 0. The van der Waals surface area contributed by atoms with Crippen molar-refractivity contribution in [3.8, 4) is 5.75 Å². The lowest BCUT2D eigenvalue weighted by atomic mass is 10.2. The zero-order valence-electron chi connectivity index (χ0n) is 14.9. The first kappa shape index (κ1) is 20.7. The van der Waals surface area contributed by atoms with Crippen molar-refractivity contribution in [1.82, 2.24) is 0 Å². The fourth-order valence-electron chi connectivity index (χ4n) is 2.17. The molecule has 1 amide bonds. The molecule has 148 valence electrons. The fourth-order valence-corrected chi connectivity index (χ4v) is 2.17. The molecule has 0 saturated carbocycles. The van der Waals surface area contributed by atoms with Gasteiger partial charge in [0.1, 0.15) is 11.6 Å². The highest BCUT2D eigenvalue weighted by Gasteiger charge is 2.23. The van der Waals surface area contributed by atoms with Gasteiger partial charge < -0.3 is 14.8 Å². The standard InChI is InChI=1S/C18H16F2N2O6/c1-3-27-16-7-4-11(8-15(16)22(25)26)18(24)28-10(2)17(23)21-14-6-5-12(19)9-13(14)20/h4-10H,3H2,1-2H3,(H,21,23)/t10-/m0/s1. The first-order valence-corrected chi connectivity index (χ1v) is 8.11. The molecule has 0 fully saturated rings. The average Bonchev–Trinajstić information content (AvgIpc) is 2.64. The number of benzene rings is 2. The maximum atomic E-state index is 13.6. The Balaban J connectivity index is 2.09. The van der Waals surface area contributed by atoms with Crippen LogP contribution in [0.1, 0.15) is 24.2 Å². The molecule has 1 N–H and O–H groups in total. The van der Waals surface area contributed by atoms with E-state index in [9.17, 15) is 28.5 Å². The molecule has 0 radical (unpaired) electrons. The number of nitro groups is 1. The third kappa shape index (κ3) is 5.00. The van der Waals surface area contributed by atoms with Crippen LogP contribution in [0.4, 0.5) is 20.2 Å². The van der Waals surface area contributed by atoms with Gasteiger partial charge in [0.25, 0.3) is 5.91 Å². The van der Waals surface area contributed by atoms with Crippen LogP contribution >= 0.6 is 0 Å². The molecule has 2 rings (SSSR count). The Morgan fingerprint density at radius 1 is 1.21 bits per heavy atom. The molecule has 0 unspecified atom stereocenters. The number of carbonyl (C=O) groups excluding carboxylic acids is 2. The summed E-state index contributed by atoms with van der Waals surface area (Å²) in [5.41, 5.74) is -0.879. The molecular formula is C18H16F2N2O6. The number of nitrogens with one attached hydrogen (secondary N) is 1. The molecule has 0 aromatic heterocycles.